The van der Waals surface area contributed by atoms with Crippen LogP contribution < -0.4 is 0 Å². The van der Waals surface area contributed by atoms with Gasteiger partial charge in [-0.3, -0.25) is 4.55 Å². The average molecular weight is 420 g/mol. The molecule has 2 fully saturated rings. The summed E-state index contributed by atoms with van der Waals surface area (Å²) in [5, 5.41) is -6.54. The van der Waals surface area contributed by atoms with Crippen molar-refractivity contribution in [2.24, 2.45) is 17.8 Å². The van der Waals surface area contributed by atoms with E-state index in [0.717, 1.165) is 19.3 Å². The number of hydrogen-bond acceptors (Lipinski definition) is 3. The Labute approximate surface area is 143 Å². The van der Waals surface area contributed by atoms with E-state index in [4.69, 9.17) is 4.55 Å². The minimum absolute atomic E-state index is 0.0793. The summed E-state index contributed by atoms with van der Waals surface area (Å²) in [6.07, 6.45) is -11.7. The average Bonchev–Trinajstić information content (AvgIpc) is 3.04. The highest BCUT2D eigenvalue weighted by Gasteiger charge is 2.73. The zero-order valence-electron chi connectivity index (χ0n) is 13.1. The zero-order valence-corrected chi connectivity index (χ0v) is 13.9. The first-order chi connectivity index (χ1) is 11.5. The molecule has 4 nitrogen and oxygen atoms in total. The minimum Gasteiger partial charge on any atom is -0.281 e. The van der Waals surface area contributed by atoms with E-state index >= 15 is 0 Å². The topological polar surface area (TPSA) is 63.6 Å². The van der Waals surface area contributed by atoms with Gasteiger partial charge in [0.05, 0.1) is 0 Å². The Morgan fingerprint density at radius 2 is 1.50 bits per heavy atom. The molecule has 154 valence electrons. The SMILES string of the molecule is O=S(=O)(O)C(F)(F)C(F)(F)OC(F)(F)C(F)(F)CCC1CC2CCC1C2. The van der Waals surface area contributed by atoms with Crippen molar-refractivity contribution in [3.05, 3.63) is 0 Å². The van der Waals surface area contributed by atoms with E-state index in [1.165, 1.54) is 0 Å². The molecule has 0 aromatic heterocycles. The summed E-state index contributed by atoms with van der Waals surface area (Å²) in [7, 11) is -6.90. The van der Waals surface area contributed by atoms with Gasteiger partial charge in [-0.15, -0.1) is 0 Å². The van der Waals surface area contributed by atoms with Crippen molar-refractivity contribution < 1.29 is 52.8 Å². The molecule has 2 rings (SSSR count). The number of halogens is 8. The summed E-state index contributed by atoms with van der Waals surface area (Å²) in [6, 6.07) is 0. The Morgan fingerprint density at radius 1 is 0.923 bits per heavy atom. The lowest BCUT2D eigenvalue weighted by Gasteiger charge is -2.32. The Bertz CT molecular complexity index is 636. The van der Waals surface area contributed by atoms with Crippen LogP contribution in [0.4, 0.5) is 35.1 Å². The van der Waals surface area contributed by atoms with E-state index in [2.05, 4.69) is 4.74 Å². The molecule has 2 saturated carbocycles. The lowest BCUT2D eigenvalue weighted by molar-refractivity contribution is -0.456. The molecule has 3 unspecified atom stereocenters. The van der Waals surface area contributed by atoms with E-state index in [-0.39, 0.29) is 11.8 Å². The summed E-state index contributed by atoms with van der Waals surface area (Å²) < 4.78 is 137. The highest BCUT2D eigenvalue weighted by Crippen LogP contribution is 2.52. The van der Waals surface area contributed by atoms with Crippen LogP contribution in [0.3, 0.4) is 0 Å². The van der Waals surface area contributed by atoms with E-state index in [0.29, 0.717) is 12.3 Å². The van der Waals surface area contributed by atoms with Crippen molar-refractivity contribution in [3.63, 3.8) is 0 Å². The van der Waals surface area contributed by atoms with E-state index in [1.807, 2.05) is 0 Å². The van der Waals surface area contributed by atoms with Gasteiger partial charge < -0.3 is 0 Å². The number of rotatable bonds is 8. The summed E-state index contributed by atoms with van der Waals surface area (Å²) in [6.45, 7) is 0. The minimum atomic E-state index is -6.90. The predicted molar refractivity (Wildman–Crippen MR) is 70.6 cm³/mol. The molecule has 2 bridgehead atoms. The molecule has 0 amide bonds. The maximum Gasteiger partial charge on any atom is 0.460 e. The van der Waals surface area contributed by atoms with Crippen molar-refractivity contribution in [3.8, 4) is 0 Å². The van der Waals surface area contributed by atoms with Crippen LogP contribution in [0.1, 0.15) is 38.5 Å². The monoisotopic (exact) mass is 420 g/mol. The van der Waals surface area contributed by atoms with Crippen LogP contribution in [0, 0.1) is 17.8 Å². The summed E-state index contributed by atoms with van der Waals surface area (Å²) >= 11 is 0. The van der Waals surface area contributed by atoms with Gasteiger partial charge in [0.25, 0.3) is 0 Å². The molecule has 0 saturated heterocycles. The highest BCUT2D eigenvalue weighted by atomic mass is 32.2. The van der Waals surface area contributed by atoms with Gasteiger partial charge in [0.1, 0.15) is 0 Å². The fourth-order valence-electron chi connectivity index (χ4n) is 3.69. The lowest BCUT2D eigenvalue weighted by Crippen LogP contribution is -2.55. The van der Waals surface area contributed by atoms with Crippen LogP contribution in [0.2, 0.25) is 0 Å². The van der Waals surface area contributed by atoms with Gasteiger partial charge in [0.2, 0.25) is 0 Å². The van der Waals surface area contributed by atoms with Crippen LogP contribution in [0.5, 0.6) is 0 Å². The van der Waals surface area contributed by atoms with Gasteiger partial charge in [0, 0.05) is 6.42 Å². The van der Waals surface area contributed by atoms with Crippen molar-refractivity contribution >= 4 is 10.1 Å². The third-order valence-corrected chi connectivity index (χ3v) is 5.94. The van der Waals surface area contributed by atoms with Crippen LogP contribution in [0.15, 0.2) is 0 Å². The van der Waals surface area contributed by atoms with Gasteiger partial charge in [0.15, 0.2) is 0 Å². The smallest absolute Gasteiger partial charge is 0.281 e. The molecule has 2 aliphatic carbocycles. The maximum atomic E-state index is 13.6. The fraction of sp³-hybridized carbons (Fsp3) is 1.00. The van der Waals surface area contributed by atoms with Gasteiger partial charge in [-0.1, -0.05) is 6.42 Å². The Kier molecular flexibility index (Phi) is 5.35. The molecule has 0 aliphatic heterocycles. The molecule has 0 spiro atoms. The molecule has 0 radical (unpaired) electrons. The largest absolute Gasteiger partial charge is 0.460 e. The van der Waals surface area contributed by atoms with Gasteiger partial charge in [-0.05, 0) is 43.4 Å². The first-order valence-electron chi connectivity index (χ1n) is 7.68. The van der Waals surface area contributed by atoms with Crippen LogP contribution >= 0.6 is 0 Å². The first-order valence-corrected chi connectivity index (χ1v) is 9.12. The summed E-state index contributed by atoms with van der Waals surface area (Å²) in [5.41, 5.74) is 0. The second-order valence-electron chi connectivity index (χ2n) is 6.81. The van der Waals surface area contributed by atoms with Crippen molar-refractivity contribution in [2.45, 2.75) is 61.9 Å². The quantitative estimate of drug-likeness (QED) is 0.463. The Balaban J connectivity index is 2.06. The molecule has 0 aromatic carbocycles. The number of alkyl halides is 8. The molecule has 1 N–H and O–H groups in total. The molecular formula is C13H16F8O4S. The lowest BCUT2D eigenvalue weighted by atomic mass is 9.84. The van der Waals surface area contributed by atoms with Crippen LogP contribution in [-0.2, 0) is 14.9 Å². The first kappa shape index (κ1) is 21.6. The standard InChI is InChI=1S/C13H16F8O4S/c14-10(15,4-3-9-6-7-1-2-8(9)5-7)11(16,17)25-12(18,19)13(20,21)26(22,23)24/h7-9H,1-6H2,(H,22,23,24). The molecule has 0 heterocycles. The molecule has 2 aliphatic rings. The van der Waals surface area contributed by atoms with Crippen molar-refractivity contribution in [1.82, 2.24) is 0 Å². The van der Waals surface area contributed by atoms with Crippen LogP contribution in [0.25, 0.3) is 0 Å². The Morgan fingerprint density at radius 3 is 1.92 bits per heavy atom. The highest BCUT2D eigenvalue weighted by molar-refractivity contribution is 7.86. The van der Waals surface area contributed by atoms with Gasteiger partial charge in [-0.2, -0.15) is 43.5 Å². The second-order valence-corrected chi connectivity index (χ2v) is 8.27. The molecule has 13 heteroatoms. The molecular weight excluding hydrogens is 404 g/mol. The summed E-state index contributed by atoms with van der Waals surface area (Å²) in [4.78, 5) is 0. The van der Waals surface area contributed by atoms with E-state index < -0.39 is 46.4 Å². The third kappa shape index (κ3) is 3.79. The second kappa shape index (κ2) is 6.43. The summed E-state index contributed by atoms with van der Waals surface area (Å²) in [5.74, 6) is -5.15. The van der Waals surface area contributed by atoms with Gasteiger partial charge in [-0.25, -0.2) is 4.74 Å². The third-order valence-electron chi connectivity index (χ3n) is 5.06. The van der Waals surface area contributed by atoms with Gasteiger partial charge >= 0.3 is 33.5 Å². The normalized spacial score (nSPS) is 28.0. The van der Waals surface area contributed by atoms with Crippen molar-refractivity contribution in [2.75, 3.05) is 0 Å². The number of hydrogen-bond donors (Lipinski definition) is 1. The number of ether oxygens (including phenoxy) is 1. The zero-order chi connectivity index (χ0) is 20.2. The molecule has 0 aromatic rings. The number of fused-ring (bicyclic) bond motifs is 2. The molecule has 3 atom stereocenters. The molecule has 26 heavy (non-hydrogen) atoms. The van der Waals surface area contributed by atoms with E-state index in [1.54, 1.807) is 0 Å². The van der Waals surface area contributed by atoms with E-state index in [9.17, 15) is 43.5 Å². The predicted octanol–water partition coefficient (Wildman–Crippen LogP) is 4.52. The van der Waals surface area contributed by atoms with Crippen molar-refractivity contribution in [1.29, 1.82) is 0 Å². The maximum absolute atomic E-state index is 13.6. The van der Waals surface area contributed by atoms with Crippen LogP contribution in [-0.4, -0.2) is 36.4 Å². The Hall–Kier alpha value is -0.690. The fourth-order valence-corrected chi connectivity index (χ4v) is 4.03.